The molecular weight excluding hydrogens is 426 g/mol. The Morgan fingerprint density at radius 3 is 2.75 bits per heavy atom. The number of halogens is 1. The van der Waals surface area contributed by atoms with Crippen molar-refractivity contribution in [2.75, 3.05) is 6.61 Å². The van der Waals surface area contributed by atoms with E-state index in [0.717, 1.165) is 33.5 Å². The van der Waals surface area contributed by atoms with Gasteiger partial charge in [-0.15, -0.1) is 0 Å². The van der Waals surface area contributed by atoms with Crippen LogP contribution in [-0.4, -0.2) is 28.2 Å². The van der Waals surface area contributed by atoms with Crippen molar-refractivity contribution in [1.29, 1.82) is 0 Å². The Labute approximate surface area is 190 Å². The molecule has 1 aliphatic heterocycles. The van der Waals surface area contributed by atoms with E-state index in [9.17, 15) is 4.79 Å². The number of amides is 1. The van der Waals surface area contributed by atoms with Gasteiger partial charge in [0.2, 0.25) is 0 Å². The van der Waals surface area contributed by atoms with Gasteiger partial charge in [0.05, 0.1) is 30.1 Å². The molecule has 2 aromatic heterocycles. The molecule has 5 rings (SSSR count). The van der Waals surface area contributed by atoms with Crippen LogP contribution in [0.2, 0.25) is 5.15 Å². The second-order valence-electron chi connectivity index (χ2n) is 7.42. The molecule has 1 atom stereocenters. The molecule has 4 aromatic rings. The fraction of sp³-hybridized carbons (Fsp3) is 0.160. The number of hydrogen-bond donors (Lipinski definition) is 0. The van der Waals surface area contributed by atoms with Crippen molar-refractivity contribution in [3.8, 4) is 5.75 Å². The Hall–Kier alpha value is -3.64. The molecule has 1 aliphatic rings. The predicted octanol–water partition coefficient (Wildman–Crippen LogP) is 5.87. The highest BCUT2D eigenvalue weighted by molar-refractivity contribution is 6.30. The lowest BCUT2D eigenvalue weighted by atomic mass is 9.98. The zero-order valence-electron chi connectivity index (χ0n) is 17.4. The Balaban J connectivity index is 1.59. The highest BCUT2D eigenvalue weighted by Crippen LogP contribution is 2.38. The molecule has 1 amide bonds. The summed E-state index contributed by atoms with van der Waals surface area (Å²) in [5.74, 6) is 0.646. The third kappa shape index (κ3) is 3.74. The van der Waals surface area contributed by atoms with Gasteiger partial charge in [-0.2, -0.15) is 5.10 Å². The van der Waals surface area contributed by atoms with E-state index in [1.54, 1.807) is 12.1 Å². The minimum Gasteiger partial charge on any atom is -0.494 e. The van der Waals surface area contributed by atoms with Gasteiger partial charge in [0.1, 0.15) is 10.9 Å². The number of aromatic nitrogens is 1. The number of fused-ring (bicyclic) bond motifs is 1. The van der Waals surface area contributed by atoms with Gasteiger partial charge in [0.15, 0.2) is 5.76 Å². The summed E-state index contributed by atoms with van der Waals surface area (Å²) in [5, 5.41) is 7.34. The molecular formula is C25H20ClN3O3. The summed E-state index contributed by atoms with van der Waals surface area (Å²) >= 11 is 6.62. The topological polar surface area (TPSA) is 67.9 Å². The van der Waals surface area contributed by atoms with Gasteiger partial charge >= 0.3 is 5.91 Å². The lowest BCUT2D eigenvalue weighted by molar-refractivity contribution is 0.0678. The maximum atomic E-state index is 13.2. The van der Waals surface area contributed by atoms with Crippen LogP contribution in [0.3, 0.4) is 0 Å². The summed E-state index contributed by atoms with van der Waals surface area (Å²) in [7, 11) is 0. The third-order valence-electron chi connectivity index (χ3n) is 5.39. The van der Waals surface area contributed by atoms with Gasteiger partial charge in [-0.05, 0) is 48.9 Å². The van der Waals surface area contributed by atoms with Crippen molar-refractivity contribution in [2.24, 2.45) is 5.10 Å². The fourth-order valence-electron chi connectivity index (χ4n) is 3.90. The molecule has 2 aromatic carbocycles. The van der Waals surface area contributed by atoms with Gasteiger partial charge in [-0.3, -0.25) is 4.79 Å². The molecule has 6 nitrogen and oxygen atoms in total. The van der Waals surface area contributed by atoms with E-state index >= 15 is 0 Å². The lowest BCUT2D eigenvalue weighted by Gasteiger charge is -2.22. The molecule has 0 N–H and O–H groups in total. The Morgan fingerprint density at radius 1 is 1.16 bits per heavy atom. The van der Waals surface area contributed by atoms with Crippen molar-refractivity contribution in [3.05, 3.63) is 95.0 Å². The molecule has 32 heavy (non-hydrogen) atoms. The number of hydrogen-bond acceptors (Lipinski definition) is 5. The van der Waals surface area contributed by atoms with Gasteiger partial charge in [-0.1, -0.05) is 41.9 Å². The van der Waals surface area contributed by atoms with Crippen LogP contribution in [0.15, 0.2) is 82.5 Å². The van der Waals surface area contributed by atoms with E-state index in [-0.39, 0.29) is 11.7 Å². The second kappa shape index (κ2) is 8.48. The van der Waals surface area contributed by atoms with E-state index in [1.807, 2.05) is 61.5 Å². The summed E-state index contributed by atoms with van der Waals surface area (Å²) in [6.07, 6.45) is 1.98. The first-order chi connectivity index (χ1) is 15.6. The third-order valence-corrected chi connectivity index (χ3v) is 5.70. The van der Waals surface area contributed by atoms with Crippen molar-refractivity contribution < 1.29 is 13.9 Å². The molecule has 0 unspecified atom stereocenters. The summed E-state index contributed by atoms with van der Waals surface area (Å²) < 4.78 is 11.0. The molecule has 0 aliphatic carbocycles. The molecule has 0 bridgehead atoms. The van der Waals surface area contributed by atoms with E-state index in [4.69, 9.17) is 20.8 Å². The Morgan fingerprint density at radius 2 is 2.00 bits per heavy atom. The van der Waals surface area contributed by atoms with E-state index < -0.39 is 6.04 Å². The molecule has 3 heterocycles. The fourth-order valence-corrected chi connectivity index (χ4v) is 4.17. The molecule has 160 valence electrons. The van der Waals surface area contributed by atoms with Crippen LogP contribution in [-0.2, 0) is 0 Å². The molecule has 0 fully saturated rings. The van der Waals surface area contributed by atoms with Crippen molar-refractivity contribution in [3.63, 3.8) is 0 Å². The number of carbonyl (C=O) groups excluding carboxylic acids is 1. The highest BCUT2D eigenvalue weighted by Gasteiger charge is 2.36. The number of rotatable bonds is 5. The van der Waals surface area contributed by atoms with Crippen molar-refractivity contribution in [1.82, 2.24) is 9.99 Å². The number of benzene rings is 2. The maximum absolute atomic E-state index is 13.2. The summed E-state index contributed by atoms with van der Waals surface area (Å²) in [6, 6.07) is 20.3. The first-order valence-corrected chi connectivity index (χ1v) is 10.7. The molecule has 0 spiro atoms. The normalized spacial score (nSPS) is 15.8. The van der Waals surface area contributed by atoms with E-state index in [0.29, 0.717) is 18.2 Å². The summed E-state index contributed by atoms with van der Waals surface area (Å²) in [6.45, 7) is 2.51. The monoisotopic (exact) mass is 445 g/mol. The van der Waals surface area contributed by atoms with E-state index in [2.05, 4.69) is 10.1 Å². The van der Waals surface area contributed by atoms with Crippen LogP contribution in [0.5, 0.6) is 5.75 Å². The Bertz CT molecular complexity index is 1300. The molecule has 0 saturated carbocycles. The molecule has 7 heteroatoms. The van der Waals surface area contributed by atoms with Gasteiger partial charge in [-0.25, -0.2) is 9.99 Å². The minimum absolute atomic E-state index is 0.219. The maximum Gasteiger partial charge on any atom is 0.310 e. The predicted molar refractivity (Wildman–Crippen MR) is 123 cm³/mol. The first kappa shape index (κ1) is 20.3. The van der Waals surface area contributed by atoms with Crippen LogP contribution < -0.4 is 4.74 Å². The van der Waals surface area contributed by atoms with Gasteiger partial charge in [0, 0.05) is 17.4 Å². The van der Waals surface area contributed by atoms with Crippen LogP contribution in [0.25, 0.3) is 10.9 Å². The van der Waals surface area contributed by atoms with Crippen LogP contribution >= 0.6 is 11.6 Å². The number of ether oxygens (including phenoxy) is 1. The molecule has 0 saturated heterocycles. The number of furan rings is 1. The smallest absolute Gasteiger partial charge is 0.310 e. The van der Waals surface area contributed by atoms with Crippen LogP contribution in [0, 0.1) is 0 Å². The summed E-state index contributed by atoms with van der Waals surface area (Å²) in [4.78, 5) is 17.8. The first-order valence-electron chi connectivity index (χ1n) is 10.4. The second-order valence-corrected chi connectivity index (χ2v) is 7.77. The van der Waals surface area contributed by atoms with Crippen molar-refractivity contribution in [2.45, 2.75) is 19.4 Å². The Kier molecular flexibility index (Phi) is 5.37. The average Bonchev–Trinajstić information content (AvgIpc) is 3.50. The highest BCUT2D eigenvalue weighted by atomic mass is 35.5. The van der Waals surface area contributed by atoms with Gasteiger partial charge < -0.3 is 9.15 Å². The van der Waals surface area contributed by atoms with Crippen LogP contribution in [0.4, 0.5) is 0 Å². The SMILES string of the molecule is CCOc1ccc2nc(Cl)c([C@H]3CC(c4ccccc4)=NN3C(=O)c3ccco3)cc2c1. The zero-order valence-corrected chi connectivity index (χ0v) is 18.1. The number of hydrazone groups is 1. The average molecular weight is 446 g/mol. The largest absolute Gasteiger partial charge is 0.494 e. The van der Waals surface area contributed by atoms with E-state index in [1.165, 1.54) is 11.3 Å². The molecule has 0 radical (unpaired) electrons. The number of carbonyl (C=O) groups is 1. The van der Waals surface area contributed by atoms with Gasteiger partial charge in [0.25, 0.3) is 0 Å². The van der Waals surface area contributed by atoms with Crippen molar-refractivity contribution >= 4 is 34.1 Å². The number of pyridine rings is 1. The summed E-state index contributed by atoms with van der Waals surface area (Å²) in [5.41, 5.74) is 3.24. The van der Waals surface area contributed by atoms with Crippen LogP contribution in [0.1, 0.15) is 41.1 Å². The quantitative estimate of drug-likeness (QED) is 0.360. The minimum atomic E-state index is -0.414. The lowest BCUT2D eigenvalue weighted by Crippen LogP contribution is -2.27. The zero-order chi connectivity index (χ0) is 22.1. The number of nitrogens with zero attached hydrogens (tertiary/aromatic N) is 3. The standard InChI is InChI=1S/C25H20ClN3O3/c1-2-31-18-10-11-20-17(13-18)14-19(24(26)27-20)22-15-21(16-7-4-3-5-8-16)28-29(22)25(30)23-9-6-12-32-23/h3-14,22H,2,15H2,1H3/t22-/m1/s1.